The molecule has 38 heavy (non-hydrogen) atoms. The Kier molecular flexibility index (Phi) is 5.84. The number of allylic oxidation sites excluding steroid dienone is 1. The van der Waals surface area contributed by atoms with Crippen LogP contribution in [0.1, 0.15) is 99.8 Å². The molecule has 0 radical (unpaired) electrons. The summed E-state index contributed by atoms with van der Waals surface area (Å²) in [6, 6.07) is 0. The van der Waals surface area contributed by atoms with Gasteiger partial charge in [0, 0.05) is 32.6 Å². The van der Waals surface area contributed by atoms with Crippen LogP contribution in [0.4, 0.5) is 0 Å². The SMILES string of the molecule is CC(=O)OC1CCC2(C)C(=CCC3C2CCC2(C)C3CC3OC4(C(C)(C)O)CC(OC(C)=O)C(C)(O4)C32)C1. The average Bonchev–Trinajstić information content (AvgIpc) is 3.22. The largest absolute Gasteiger partial charge is 0.462 e. The minimum Gasteiger partial charge on any atom is -0.462 e. The molecule has 3 saturated carbocycles. The van der Waals surface area contributed by atoms with Gasteiger partial charge in [-0.2, -0.15) is 0 Å². The summed E-state index contributed by atoms with van der Waals surface area (Å²) in [5.41, 5.74) is -0.333. The summed E-state index contributed by atoms with van der Waals surface area (Å²) in [4.78, 5) is 23.8. The summed E-state index contributed by atoms with van der Waals surface area (Å²) < 4.78 is 25.1. The monoisotopic (exact) mass is 530 g/mol. The number of fused-ring (bicyclic) bond motifs is 10. The quantitative estimate of drug-likeness (QED) is 0.402. The van der Waals surface area contributed by atoms with E-state index in [1.165, 1.54) is 19.4 Å². The summed E-state index contributed by atoms with van der Waals surface area (Å²) >= 11 is 0. The van der Waals surface area contributed by atoms with Gasteiger partial charge in [0.15, 0.2) is 0 Å². The topological polar surface area (TPSA) is 91.3 Å². The second kappa shape index (κ2) is 8.29. The molecule has 2 bridgehead atoms. The number of hydrogen-bond acceptors (Lipinski definition) is 7. The van der Waals surface area contributed by atoms with Gasteiger partial charge in [-0.05, 0) is 87.9 Å². The molecule has 11 unspecified atom stereocenters. The number of aliphatic hydroxyl groups is 1. The lowest BCUT2D eigenvalue weighted by Crippen LogP contribution is -2.64. The molecule has 7 nitrogen and oxygen atoms in total. The van der Waals surface area contributed by atoms with Crippen LogP contribution in [0.2, 0.25) is 0 Å². The first-order chi connectivity index (χ1) is 17.6. The lowest BCUT2D eigenvalue weighted by atomic mass is 9.46. The number of hydrogen-bond donors (Lipinski definition) is 1. The zero-order chi connectivity index (χ0) is 27.5. The Bertz CT molecular complexity index is 1060. The number of carbonyl (C=O) groups excluding carboxylic acids is 2. The third-order valence-electron chi connectivity index (χ3n) is 12.1. The van der Waals surface area contributed by atoms with Crippen molar-refractivity contribution in [2.45, 2.75) is 135 Å². The van der Waals surface area contributed by atoms with Gasteiger partial charge in [-0.15, -0.1) is 0 Å². The van der Waals surface area contributed by atoms with E-state index in [1.54, 1.807) is 13.8 Å². The second-order valence-corrected chi connectivity index (χ2v) is 14.5. The maximum Gasteiger partial charge on any atom is 0.303 e. The van der Waals surface area contributed by atoms with Gasteiger partial charge in [0.1, 0.15) is 23.4 Å². The molecular formula is C31H46O7. The summed E-state index contributed by atoms with van der Waals surface area (Å²) in [7, 11) is 0. The van der Waals surface area contributed by atoms with Crippen LogP contribution in [0.15, 0.2) is 11.6 Å². The molecule has 0 aromatic carbocycles. The van der Waals surface area contributed by atoms with Gasteiger partial charge in [0.05, 0.1) is 6.10 Å². The number of rotatable bonds is 3. The van der Waals surface area contributed by atoms with Crippen molar-refractivity contribution in [1.82, 2.24) is 0 Å². The molecule has 11 atom stereocenters. The molecule has 0 aromatic heterocycles. The van der Waals surface area contributed by atoms with Crippen molar-refractivity contribution in [3.05, 3.63) is 11.6 Å². The maximum absolute atomic E-state index is 12.2. The van der Waals surface area contributed by atoms with E-state index in [1.807, 2.05) is 0 Å². The Morgan fingerprint density at radius 2 is 1.76 bits per heavy atom. The first kappa shape index (κ1) is 26.8. The Morgan fingerprint density at radius 1 is 1.05 bits per heavy atom. The van der Waals surface area contributed by atoms with E-state index in [9.17, 15) is 14.7 Å². The Hall–Kier alpha value is -1.44. The van der Waals surface area contributed by atoms with Crippen LogP contribution in [0, 0.1) is 34.5 Å². The zero-order valence-electron chi connectivity index (χ0n) is 24.2. The van der Waals surface area contributed by atoms with Crippen LogP contribution in [-0.4, -0.2) is 52.3 Å². The number of ether oxygens (including phenoxy) is 4. The highest BCUT2D eigenvalue weighted by atomic mass is 16.8. The molecule has 212 valence electrons. The van der Waals surface area contributed by atoms with Gasteiger partial charge in [-0.1, -0.05) is 25.5 Å². The molecule has 1 N–H and O–H groups in total. The fourth-order valence-electron chi connectivity index (χ4n) is 10.5. The van der Waals surface area contributed by atoms with E-state index in [0.29, 0.717) is 24.2 Å². The first-order valence-electron chi connectivity index (χ1n) is 14.8. The van der Waals surface area contributed by atoms with Crippen LogP contribution >= 0.6 is 0 Å². The van der Waals surface area contributed by atoms with Crippen molar-refractivity contribution in [2.75, 3.05) is 0 Å². The van der Waals surface area contributed by atoms with Crippen molar-refractivity contribution < 1.29 is 33.6 Å². The van der Waals surface area contributed by atoms with Gasteiger partial charge in [0.25, 0.3) is 0 Å². The smallest absolute Gasteiger partial charge is 0.303 e. The van der Waals surface area contributed by atoms with Crippen molar-refractivity contribution >= 4 is 11.9 Å². The minimum absolute atomic E-state index is 0.00358. The lowest BCUT2D eigenvalue weighted by Gasteiger charge is -2.59. The lowest BCUT2D eigenvalue weighted by molar-refractivity contribution is -0.384. The fraction of sp³-hybridized carbons (Fsp3) is 0.871. The molecule has 0 aromatic rings. The third-order valence-corrected chi connectivity index (χ3v) is 12.1. The standard InChI is InChI=1S/C31H46O7/c1-17(32)35-20-10-12-28(5)19(14-20)8-9-21-22(28)11-13-29(6)23(21)15-24-26(29)30(7)25(36-18(2)33)16-31(37-24,38-30)27(3,4)34/h8,20-26,34H,9-16H2,1-7H3. The van der Waals surface area contributed by atoms with E-state index in [4.69, 9.17) is 18.9 Å². The highest BCUT2D eigenvalue weighted by Crippen LogP contribution is 2.72. The van der Waals surface area contributed by atoms with Gasteiger partial charge in [0.2, 0.25) is 5.79 Å². The van der Waals surface area contributed by atoms with E-state index >= 15 is 0 Å². The molecular weight excluding hydrogens is 484 g/mol. The van der Waals surface area contributed by atoms with Crippen LogP contribution < -0.4 is 0 Å². The van der Waals surface area contributed by atoms with Gasteiger partial charge in [-0.3, -0.25) is 9.59 Å². The Morgan fingerprint density at radius 3 is 2.42 bits per heavy atom. The molecule has 6 aliphatic rings. The highest BCUT2D eigenvalue weighted by molar-refractivity contribution is 5.66. The summed E-state index contributed by atoms with van der Waals surface area (Å²) in [6.07, 6.45) is 9.38. The Balaban J connectivity index is 1.33. The zero-order valence-corrected chi connectivity index (χ0v) is 24.2. The Labute approximate surface area is 227 Å². The van der Waals surface area contributed by atoms with E-state index < -0.39 is 23.1 Å². The average molecular weight is 531 g/mol. The van der Waals surface area contributed by atoms with E-state index in [2.05, 4.69) is 26.8 Å². The van der Waals surface area contributed by atoms with Gasteiger partial charge >= 0.3 is 11.9 Å². The molecule has 7 heteroatoms. The number of esters is 2. The molecule has 6 rings (SSSR count). The second-order valence-electron chi connectivity index (χ2n) is 14.5. The van der Waals surface area contributed by atoms with Crippen molar-refractivity contribution in [1.29, 1.82) is 0 Å². The molecule has 2 saturated heterocycles. The highest BCUT2D eigenvalue weighted by Gasteiger charge is 2.76. The predicted octanol–water partition coefficient (Wildman–Crippen LogP) is 5.08. The minimum atomic E-state index is -1.23. The van der Waals surface area contributed by atoms with Gasteiger partial charge < -0.3 is 24.1 Å². The molecule has 2 heterocycles. The maximum atomic E-state index is 12.2. The molecule has 2 aliphatic heterocycles. The molecule has 0 amide bonds. The summed E-state index contributed by atoms with van der Waals surface area (Å²) in [5, 5.41) is 11.2. The first-order valence-corrected chi connectivity index (χ1v) is 14.8. The summed E-state index contributed by atoms with van der Waals surface area (Å²) in [6.45, 7) is 13.4. The third kappa shape index (κ3) is 3.56. The van der Waals surface area contributed by atoms with Crippen LogP contribution in [0.3, 0.4) is 0 Å². The van der Waals surface area contributed by atoms with Crippen LogP contribution in [0.25, 0.3) is 0 Å². The van der Waals surface area contributed by atoms with Crippen molar-refractivity contribution in [2.24, 2.45) is 34.5 Å². The normalized spacial score (nSPS) is 51.2. The van der Waals surface area contributed by atoms with Crippen LogP contribution in [0.5, 0.6) is 0 Å². The van der Waals surface area contributed by atoms with Crippen LogP contribution in [-0.2, 0) is 28.5 Å². The van der Waals surface area contributed by atoms with E-state index in [-0.39, 0.29) is 40.9 Å². The molecule has 5 fully saturated rings. The van der Waals surface area contributed by atoms with Crippen molar-refractivity contribution in [3.8, 4) is 0 Å². The van der Waals surface area contributed by atoms with E-state index in [0.717, 1.165) is 44.9 Å². The van der Waals surface area contributed by atoms with Gasteiger partial charge in [-0.25, -0.2) is 0 Å². The molecule has 0 spiro atoms. The predicted molar refractivity (Wildman–Crippen MR) is 140 cm³/mol. The van der Waals surface area contributed by atoms with Crippen molar-refractivity contribution in [3.63, 3.8) is 0 Å². The fourth-order valence-corrected chi connectivity index (χ4v) is 10.5. The number of carbonyl (C=O) groups is 2. The summed E-state index contributed by atoms with van der Waals surface area (Å²) in [5.74, 6) is 0.00497. The molecule has 4 aliphatic carbocycles.